The van der Waals surface area contributed by atoms with Crippen LogP contribution in [0.3, 0.4) is 0 Å². The summed E-state index contributed by atoms with van der Waals surface area (Å²) in [7, 11) is 2.47. The molecular formula is C14H15BrO5. The highest BCUT2D eigenvalue weighted by atomic mass is 79.9. The molecule has 0 aliphatic carbocycles. The Morgan fingerprint density at radius 2 is 1.70 bits per heavy atom. The molecule has 0 heterocycles. The third kappa shape index (κ3) is 4.45. The molecule has 5 nitrogen and oxygen atoms in total. The van der Waals surface area contributed by atoms with E-state index in [0.717, 1.165) is 4.47 Å². The van der Waals surface area contributed by atoms with E-state index < -0.39 is 17.9 Å². The number of esters is 2. The standard InChI is InChI=1S/C14H15BrO5/c1-19-12(16)8-7-11(14(18)20-2)13(17)9-3-5-10(15)6-4-9/h3-6,11H,7-8H2,1-2H3. The lowest BCUT2D eigenvalue weighted by Gasteiger charge is -2.13. The maximum Gasteiger partial charge on any atom is 0.316 e. The number of hydrogen-bond donors (Lipinski definition) is 0. The van der Waals surface area contributed by atoms with Crippen LogP contribution in [0.1, 0.15) is 23.2 Å². The van der Waals surface area contributed by atoms with Crippen LogP contribution in [0.5, 0.6) is 0 Å². The molecule has 0 aliphatic heterocycles. The van der Waals surface area contributed by atoms with E-state index in [1.807, 2.05) is 0 Å². The van der Waals surface area contributed by atoms with Crippen LogP contribution in [0.4, 0.5) is 0 Å². The maximum atomic E-state index is 12.3. The van der Waals surface area contributed by atoms with Crippen LogP contribution in [-0.4, -0.2) is 31.9 Å². The fourth-order valence-electron chi connectivity index (χ4n) is 1.68. The van der Waals surface area contributed by atoms with Crippen LogP contribution in [0, 0.1) is 5.92 Å². The Hall–Kier alpha value is -1.69. The second-order valence-electron chi connectivity index (χ2n) is 4.06. The Morgan fingerprint density at radius 3 is 2.20 bits per heavy atom. The highest BCUT2D eigenvalue weighted by Crippen LogP contribution is 2.18. The smallest absolute Gasteiger partial charge is 0.316 e. The molecule has 0 aliphatic rings. The molecule has 0 N–H and O–H groups in total. The second kappa shape index (κ2) is 7.79. The topological polar surface area (TPSA) is 69.7 Å². The van der Waals surface area contributed by atoms with Gasteiger partial charge in [-0.05, 0) is 18.6 Å². The van der Waals surface area contributed by atoms with Crippen LogP contribution in [0.2, 0.25) is 0 Å². The predicted octanol–water partition coefficient (Wildman–Crippen LogP) is 2.37. The summed E-state index contributed by atoms with van der Waals surface area (Å²) in [6, 6.07) is 6.64. The average Bonchev–Trinajstić information content (AvgIpc) is 2.47. The zero-order valence-electron chi connectivity index (χ0n) is 11.2. The van der Waals surface area contributed by atoms with Gasteiger partial charge in [0.2, 0.25) is 0 Å². The lowest BCUT2D eigenvalue weighted by atomic mass is 9.93. The first-order chi connectivity index (χ1) is 9.49. The van der Waals surface area contributed by atoms with Crippen molar-refractivity contribution in [3.05, 3.63) is 34.3 Å². The summed E-state index contributed by atoms with van der Waals surface area (Å²) in [6.07, 6.45) is 0.0484. The van der Waals surface area contributed by atoms with Gasteiger partial charge >= 0.3 is 11.9 Å². The number of rotatable bonds is 6. The van der Waals surface area contributed by atoms with Crippen molar-refractivity contribution in [1.29, 1.82) is 0 Å². The van der Waals surface area contributed by atoms with Gasteiger partial charge in [0, 0.05) is 16.5 Å². The molecule has 0 saturated carbocycles. The second-order valence-corrected chi connectivity index (χ2v) is 4.98. The molecule has 0 fully saturated rings. The molecule has 20 heavy (non-hydrogen) atoms. The maximum absolute atomic E-state index is 12.3. The van der Waals surface area contributed by atoms with Gasteiger partial charge in [-0.2, -0.15) is 0 Å². The molecule has 1 aromatic carbocycles. The molecule has 0 aromatic heterocycles. The zero-order valence-corrected chi connectivity index (χ0v) is 12.8. The zero-order chi connectivity index (χ0) is 15.1. The minimum absolute atomic E-state index is 0.0153. The Bertz CT molecular complexity index is 495. The molecule has 1 rings (SSSR count). The number of benzene rings is 1. The van der Waals surface area contributed by atoms with Crippen molar-refractivity contribution < 1.29 is 23.9 Å². The Kier molecular flexibility index (Phi) is 6.38. The fourth-order valence-corrected chi connectivity index (χ4v) is 1.94. The van der Waals surface area contributed by atoms with Crippen molar-refractivity contribution in [2.75, 3.05) is 14.2 Å². The van der Waals surface area contributed by atoms with Gasteiger partial charge in [-0.1, -0.05) is 28.1 Å². The minimum Gasteiger partial charge on any atom is -0.469 e. The molecule has 108 valence electrons. The molecule has 0 spiro atoms. The summed E-state index contributed by atoms with van der Waals surface area (Å²) in [4.78, 5) is 35.1. The number of hydrogen-bond acceptors (Lipinski definition) is 5. The molecule has 0 saturated heterocycles. The normalized spacial score (nSPS) is 11.6. The summed E-state index contributed by atoms with van der Waals surface area (Å²) in [6.45, 7) is 0. The summed E-state index contributed by atoms with van der Waals surface area (Å²) in [5.41, 5.74) is 0.397. The lowest BCUT2D eigenvalue weighted by molar-refractivity contribution is -0.145. The summed E-state index contributed by atoms with van der Waals surface area (Å²) in [5, 5.41) is 0. The monoisotopic (exact) mass is 342 g/mol. The summed E-state index contributed by atoms with van der Waals surface area (Å²) >= 11 is 3.27. The van der Waals surface area contributed by atoms with E-state index in [-0.39, 0.29) is 18.6 Å². The van der Waals surface area contributed by atoms with Crippen molar-refractivity contribution in [3.63, 3.8) is 0 Å². The van der Waals surface area contributed by atoms with Crippen LogP contribution in [-0.2, 0) is 19.1 Å². The van der Waals surface area contributed by atoms with Crippen LogP contribution in [0.15, 0.2) is 28.7 Å². The molecule has 0 amide bonds. The van der Waals surface area contributed by atoms with E-state index >= 15 is 0 Å². The number of ketones is 1. The van der Waals surface area contributed by atoms with Crippen molar-refractivity contribution in [2.45, 2.75) is 12.8 Å². The van der Waals surface area contributed by atoms with Crippen LogP contribution >= 0.6 is 15.9 Å². The molecule has 1 aromatic rings. The first kappa shape index (κ1) is 16.4. The summed E-state index contributed by atoms with van der Waals surface area (Å²) in [5.74, 6) is -2.49. The minimum atomic E-state index is -1.000. The van der Waals surface area contributed by atoms with Crippen LogP contribution < -0.4 is 0 Å². The van der Waals surface area contributed by atoms with Crippen molar-refractivity contribution >= 4 is 33.7 Å². The van der Waals surface area contributed by atoms with E-state index in [9.17, 15) is 14.4 Å². The van der Waals surface area contributed by atoms with Gasteiger partial charge in [0.15, 0.2) is 5.78 Å². The third-order valence-electron chi connectivity index (χ3n) is 2.80. The average molecular weight is 343 g/mol. The number of carbonyl (C=O) groups excluding carboxylic acids is 3. The van der Waals surface area contributed by atoms with Crippen molar-refractivity contribution in [2.24, 2.45) is 5.92 Å². The van der Waals surface area contributed by atoms with Gasteiger partial charge in [-0.25, -0.2) is 0 Å². The first-order valence-electron chi connectivity index (χ1n) is 5.94. The number of methoxy groups -OCH3 is 2. The quantitative estimate of drug-likeness (QED) is 0.451. The van der Waals surface area contributed by atoms with Crippen LogP contribution in [0.25, 0.3) is 0 Å². The predicted molar refractivity (Wildman–Crippen MR) is 75.2 cm³/mol. The van der Waals surface area contributed by atoms with Gasteiger partial charge in [-0.15, -0.1) is 0 Å². The van der Waals surface area contributed by atoms with Crippen molar-refractivity contribution in [1.82, 2.24) is 0 Å². The van der Waals surface area contributed by atoms with E-state index in [1.54, 1.807) is 24.3 Å². The third-order valence-corrected chi connectivity index (χ3v) is 3.32. The van der Waals surface area contributed by atoms with Gasteiger partial charge < -0.3 is 9.47 Å². The Labute approximate surface area is 125 Å². The number of carbonyl (C=O) groups is 3. The Morgan fingerprint density at radius 1 is 1.10 bits per heavy atom. The highest BCUT2D eigenvalue weighted by Gasteiger charge is 2.29. The largest absolute Gasteiger partial charge is 0.469 e. The highest BCUT2D eigenvalue weighted by molar-refractivity contribution is 9.10. The van der Waals surface area contributed by atoms with E-state index in [1.165, 1.54) is 14.2 Å². The van der Waals surface area contributed by atoms with Crippen molar-refractivity contribution in [3.8, 4) is 0 Å². The van der Waals surface area contributed by atoms with E-state index in [2.05, 4.69) is 25.4 Å². The SMILES string of the molecule is COC(=O)CCC(C(=O)OC)C(=O)c1ccc(Br)cc1. The number of ether oxygens (including phenoxy) is 2. The molecule has 0 radical (unpaired) electrons. The molecule has 1 unspecified atom stereocenters. The number of Topliss-reactive ketones (excluding diaryl/α,β-unsaturated/α-hetero) is 1. The molecular weight excluding hydrogens is 328 g/mol. The molecule has 1 atom stereocenters. The first-order valence-corrected chi connectivity index (χ1v) is 6.73. The molecule has 6 heteroatoms. The van der Waals surface area contributed by atoms with Gasteiger partial charge in [0.1, 0.15) is 5.92 Å². The van der Waals surface area contributed by atoms with Gasteiger partial charge in [0.05, 0.1) is 14.2 Å². The van der Waals surface area contributed by atoms with E-state index in [4.69, 9.17) is 0 Å². The molecule has 0 bridgehead atoms. The fraction of sp³-hybridized carbons (Fsp3) is 0.357. The van der Waals surface area contributed by atoms with Gasteiger partial charge in [0.25, 0.3) is 0 Å². The Balaban J connectivity index is 2.87. The van der Waals surface area contributed by atoms with E-state index in [0.29, 0.717) is 5.56 Å². The number of halogens is 1. The summed E-state index contributed by atoms with van der Waals surface area (Å²) < 4.78 is 9.96. The van der Waals surface area contributed by atoms with Gasteiger partial charge in [-0.3, -0.25) is 14.4 Å². The lowest BCUT2D eigenvalue weighted by Crippen LogP contribution is -2.26.